The van der Waals surface area contributed by atoms with Crippen molar-refractivity contribution in [3.8, 4) is 0 Å². The SMILES string of the molecule is Cl.Fc1cc([C@H](C2CCCC2)N2CCNCC2)cc(F)c1F. The summed E-state index contributed by atoms with van der Waals surface area (Å²) in [5.74, 6) is -3.12. The summed E-state index contributed by atoms with van der Waals surface area (Å²) in [6, 6.07) is 2.37. The lowest BCUT2D eigenvalue weighted by Crippen LogP contribution is -2.46. The van der Waals surface area contributed by atoms with Gasteiger partial charge in [0.1, 0.15) is 0 Å². The fourth-order valence-electron chi connectivity index (χ4n) is 3.76. The topological polar surface area (TPSA) is 15.3 Å². The van der Waals surface area contributed by atoms with Gasteiger partial charge in [0.25, 0.3) is 0 Å². The van der Waals surface area contributed by atoms with Crippen molar-refractivity contribution in [2.24, 2.45) is 5.92 Å². The molecule has 0 bridgehead atoms. The maximum atomic E-state index is 13.6. The molecular formula is C16H22ClF3N2. The Hall–Kier alpha value is -0.780. The van der Waals surface area contributed by atoms with Gasteiger partial charge in [0, 0.05) is 32.2 Å². The largest absolute Gasteiger partial charge is 0.314 e. The van der Waals surface area contributed by atoms with Gasteiger partial charge in [0.05, 0.1) is 0 Å². The molecule has 2 nitrogen and oxygen atoms in total. The molecular weight excluding hydrogens is 313 g/mol. The van der Waals surface area contributed by atoms with Crippen LogP contribution < -0.4 is 5.32 Å². The van der Waals surface area contributed by atoms with Gasteiger partial charge in [-0.3, -0.25) is 4.90 Å². The van der Waals surface area contributed by atoms with Gasteiger partial charge in [-0.1, -0.05) is 12.8 Å². The smallest absolute Gasteiger partial charge is 0.194 e. The van der Waals surface area contributed by atoms with E-state index in [4.69, 9.17) is 0 Å². The van der Waals surface area contributed by atoms with Crippen molar-refractivity contribution in [3.63, 3.8) is 0 Å². The molecule has 3 rings (SSSR count). The molecule has 0 amide bonds. The third-order valence-corrected chi connectivity index (χ3v) is 4.74. The lowest BCUT2D eigenvalue weighted by atomic mass is 9.89. The normalized spacial score (nSPS) is 21.6. The Kier molecular flexibility index (Phi) is 6.12. The minimum atomic E-state index is -1.37. The molecule has 2 fully saturated rings. The van der Waals surface area contributed by atoms with Gasteiger partial charge >= 0.3 is 0 Å². The summed E-state index contributed by atoms with van der Waals surface area (Å²) in [4.78, 5) is 2.29. The van der Waals surface area contributed by atoms with Crippen LogP contribution in [0.4, 0.5) is 13.2 Å². The summed E-state index contributed by atoms with van der Waals surface area (Å²) >= 11 is 0. The molecule has 22 heavy (non-hydrogen) atoms. The van der Waals surface area contributed by atoms with Gasteiger partial charge < -0.3 is 5.32 Å². The molecule has 1 aromatic rings. The molecule has 1 aliphatic carbocycles. The Morgan fingerprint density at radius 2 is 1.55 bits per heavy atom. The Balaban J connectivity index is 0.00000176. The zero-order valence-electron chi connectivity index (χ0n) is 12.5. The van der Waals surface area contributed by atoms with Crippen LogP contribution in [0.25, 0.3) is 0 Å². The molecule has 1 heterocycles. The van der Waals surface area contributed by atoms with Crippen LogP contribution in [0.3, 0.4) is 0 Å². The Morgan fingerprint density at radius 3 is 2.09 bits per heavy atom. The van der Waals surface area contributed by atoms with Gasteiger partial charge in [0.15, 0.2) is 17.5 Å². The van der Waals surface area contributed by atoms with Gasteiger partial charge in [-0.15, -0.1) is 12.4 Å². The molecule has 0 radical (unpaired) electrons. The molecule has 0 spiro atoms. The monoisotopic (exact) mass is 334 g/mol. The van der Waals surface area contributed by atoms with Crippen LogP contribution >= 0.6 is 12.4 Å². The number of hydrogen-bond acceptors (Lipinski definition) is 2. The summed E-state index contributed by atoms with van der Waals surface area (Å²) in [6.45, 7) is 3.49. The molecule has 1 saturated heterocycles. The third kappa shape index (κ3) is 3.58. The van der Waals surface area contributed by atoms with E-state index >= 15 is 0 Å². The molecule has 0 aromatic heterocycles. The molecule has 1 aliphatic heterocycles. The summed E-state index contributed by atoms with van der Waals surface area (Å²) in [7, 11) is 0. The van der Waals surface area contributed by atoms with Crippen molar-refractivity contribution in [1.29, 1.82) is 0 Å². The third-order valence-electron chi connectivity index (χ3n) is 4.74. The molecule has 124 valence electrons. The summed E-state index contributed by atoms with van der Waals surface area (Å²) in [5, 5.41) is 3.29. The number of nitrogens with zero attached hydrogens (tertiary/aromatic N) is 1. The van der Waals surface area contributed by atoms with Gasteiger partial charge in [-0.05, 0) is 36.5 Å². The fraction of sp³-hybridized carbons (Fsp3) is 0.625. The van der Waals surface area contributed by atoms with Crippen LogP contribution in [-0.2, 0) is 0 Å². The maximum absolute atomic E-state index is 13.6. The standard InChI is InChI=1S/C16H21F3N2.ClH/c17-13-9-12(10-14(18)15(13)19)16(11-3-1-2-4-11)21-7-5-20-6-8-21;/h9-11,16,20H,1-8H2;1H/t16-;/m0./s1. The van der Waals surface area contributed by atoms with Crippen molar-refractivity contribution in [3.05, 3.63) is 35.1 Å². The van der Waals surface area contributed by atoms with E-state index in [2.05, 4.69) is 10.2 Å². The zero-order valence-corrected chi connectivity index (χ0v) is 13.3. The van der Waals surface area contributed by atoms with E-state index in [1.165, 1.54) is 25.0 Å². The van der Waals surface area contributed by atoms with Crippen molar-refractivity contribution < 1.29 is 13.2 Å². The average Bonchev–Trinajstić information content (AvgIpc) is 3.00. The average molecular weight is 335 g/mol. The van der Waals surface area contributed by atoms with Crippen LogP contribution in [0.15, 0.2) is 12.1 Å². The summed E-state index contributed by atoms with van der Waals surface area (Å²) in [6.07, 6.45) is 4.49. The molecule has 1 saturated carbocycles. The second-order valence-electron chi connectivity index (χ2n) is 6.07. The number of rotatable bonds is 3. The molecule has 0 unspecified atom stereocenters. The van der Waals surface area contributed by atoms with Crippen molar-refractivity contribution in [2.75, 3.05) is 26.2 Å². The van der Waals surface area contributed by atoms with Crippen LogP contribution in [-0.4, -0.2) is 31.1 Å². The first-order valence-electron chi connectivity index (χ1n) is 7.76. The highest BCUT2D eigenvalue weighted by Crippen LogP contribution is 2.40. The predicted octanol–water partition coefficient (Wildman–Crippen LogP) is 3.66. The van der Waals surface area contributed by atoms with Gasteiger partial charge in [0.2, 0.25) is 0 Å². The highest BCUT2D eigenvalue weighted by Gasteiger charge is 2.32. The lowest BCUT2D eigenvalue weighted by Gasteiger charge is -2.38. The zero-order chi connectivity index (χ0) is 14.8. The Bertz CT molecular complexity index is 477. The minimum Gasteiger partial charge on any atom is -0.314 e. The molecule has 1 atom stereocenters. The number of hydrogen-bond donors (Lipinski definition) is 1. The molecule has 2 aliphatic rings. The van der Waals surface area contributed by atoms with E-state index in [1.807, 2.05) is 0 Å². The van der Waals surface area contributed by atoms with Crippen molar-refractivity contribution in [2.45, 2.75) is 31.7 Å². The maximum Gasteiger partial charge on any atom is 0.194 e. The minimum absolute atomic E-state index is 0. The van der Waals surface area contributed by atoms with E-state index in [9.17, 15) is 13.2 Å². The number of nitrogens with one attached hydrogen (secondary N) is 1. The summed E-state index contributed by atoms with van der Waals surface area (Å²) in [5.41, 5.74) is 0.584. The number of piperazine rings is 1. The second-order valence-corrected chi connectivity index (χ2v) is 6.07. The summed E-state index contributed by atoms with van der Waals surface area (Å²) < 4.78 is 40.4. The van der Waals surface area contributed by atoms with Gasteiger partial charge in [-0.2, -0.15) is 0 Å². The predicted molar refractivity (Wildman–Crippen MR) is 82.7 cm³/mol. The van der Waals surface area contributed by atoms with Crippen molar-refractivity contribution >= 4 is 12.4 Å². The lowest BCUT2D eigenvalue weighted by molar-refractivity contribution is 0.125. The van der Waals surface area contributed by atoms with Gasteiger partial charge in [-0.25, -0.2) is 13.2 Å². The highest BCUT2D eigenvalue weighted by molar-refractivity contribution is 5.85. The first kappa shape index (κ1) is 17.6. The first-order valence-corrected chi connectivity index (χ1v) is 7.76. The molecule has 1 N–H and O–H groups in total. The Morgan fingerprint density at radius 1 is 1.00 bits per heavy atom. The van der Waals surface area contributed by atoms with E-state index < -0.39 is 17.5 Å². The number of halogens is 4. The van der Waals surface area contributed by atoms with Crippen LogP contribution in [0, 0.1) is 23.4 Å². The second kappa shape index (κ2) is 7.66. The van der Waals surface area contributed by atoms with E-state index in [0.717, 1.165) is 39.0 Å². The Labute approximate surface area is 135 Å². The quantitative estimate of drug-likeness (QED) is 0.849. The van der Waals surface area contributed by atoms with Crippen LogP contribution in [0.1, 0.15) is 37.3 Å². The van der Waals surface area contributed by atoms with Crippen LogP contribution in [0.2, 0.25) is 0 Å². The van der Waals surface area contributed by atoms with E-state index in [0.29, 0.717) is 11.5 Å². The fourth-order valence-corrected chi connectivity index (χ4v) is 3.76. The number of benzene rings is 1. The van der Waals surface area contributed by atoms with E-state index in [-0.39, 0.29) is 18.4 Å². The van der Waals surface area contributed by atoms with E-state index in [1.54, 1.807) is 0 Å². The van der Waals surface area contributed by atoms with Crippen LogP contribution in [0.5, 0.6) is 0 Å². The molecule has 1 aromatic carbocycles. The van der Waals surface area contributed by atoms with Crippen molar-refractivity contribution in [1.82, 2.24) is 10.2 Å². The first-order chi connectivity index (χ1) is 10.2. The highest BCUT2D eigenvalue weighted by atomic mass is 35.5. The molecule has 6 heteroatoms.